The summed E-state index contributed by atoms with van der Waals surface area (Å²) in [5.41, 5.74) is 5.47. The molecular formula is C13H20N4O3. The molecule has 0 bridgehead atoms. The second-order valence-electron chi connectivity index (χ2n) is 5.28. The van der Waals surface area contributed by atoms with E-state index < -0.39 is 4.92 Å². The van der Waals surface area contributed by atoms with Gasteiger partial charge in [0.25, 0.3) is 11.6 Å². The Labute approximate surface area is 117 Å². The number of nitrogens with two attached hydrogens (primary N) is 1. The number of aromatic nitrogens is 1. The van der Waals surface area contributed by atoms with Gasteiger partial charge in [0, 0.05) is 19.2 Å². The first kappa shape index (κ1) is 15.9. The van der Waals surface area contributed by atoms with Gasteiger partial charge < -0.3 is 10.6 Å². The van der Waals surface area contributed by atoms with Crippen molar-refractivity contribution in [2.75, 3.05) is 12.8 Å². The predicted molar refractivity (Wildman–Crippen MR) is 76.3 cm³/mol. The maximum Gasteiger partial charge on any atom is 0.288 e. The predicted octanol–water partition coefficient (Wildman–Crippen LogP) is 2.08. The average Bonchev–Trinajstić information content (AvgIpc) is 2.36. The molecule has 0 aliphatic rings. The van der Waals surface area contributed by atoms with Gasteiger partial charge in [-0.15, -0.1) is 0 Å². The summed E-state index contributed by atoms with van der Waals surface area (Å²) in [5, 5.41) is 10.7. The van der Waals surface area contributed by atoms with E-state index in [9.17, 15) is 14.9 Å². The minimum absolute atomic E-state index is 0.00389. The summed E-state index contributed by atoms with van der Waals surface area (Å²) in [6.07, 6.45) is 1.88. The van der Waals surface area contributed by atoms with Crippen molar-refractivity contribution in [2.45, 2.75) is 33.2 Å². The smallest absolute Gasteiger partial charge is 0.288 e. The zero-order valence-electron chi connectivity index (χ0n) is 12.2. The number of pyridine rings is 1. The molecule has 0 aliphatic carbocycles. The molecule has 1 unspecified atom stereocenters. The lowest BCUT2D eigenvalue weighted by molar-refractivity contribution is -0.385. The summed E-state index contributed by atoms with van der Waals surface area (Å²) in [5.74, 6) is 0.0943. The molecular weight excluding hydrogens is 260 g/mol. The van der Waals surface area contributed by atoms with Gasteiger partial charge in [-0.25, -0.2) is 4.98 Å². The fraction of sp³-hybridized carbons (Fsp3) is 0.538. The van der Waals surface area contributed by atoms with E-state index in [0.717, 1.165) is 12.6 Å². The molecule has 0 saturated heterocycles. The topological polar surface area (TPSA) is 102 Å². The Kier molecular flexibility index (Phi) is 5.01. The lowest BCUT2D eigenvalue weighted by Crippen LogP contribution is -2.36. The lowest BCUT2D eigenvalue weighted by Gasteiger charge is -2.26. The fourth-order valence-corrected chi connectivity index (χ4v) is 1.97. The summed E-state index contributed by atoms with van der Waals surface area (Å²) in [7, 11) is 1.66. The zero-order valence-corrected chi connectivity index (χ0v) is 12.2. The standard InChI is InChI=1S/C13H20N4O3/c1-8(2)5-9(3)16(4)13(18)11-6-10(17(19)20)7-15-12(11)14/h6-9H,5H2,1-4H3,(H2,14,15). The first-order valence-corrected chi connectivity index (χ1v) is 6.41. The number of hydrogen-bond donors (Lipinski definition) is 1. The van der Waals surface area contributed by atoms with Gasteiger partial charge in [-0.1, -0.05) is 13.8 Å². The van der Waals surface area contributed by atoms with E-state index in [1.54, 1.807) is 7.05 Å². The van der Waals surface area contributed by atoms with Crippen LogP contribution in [0.25, 0.3) is 0 Å². The first-order valence-electron chi connectivity index (χ1n) is 6.41. The Bertz CT molecular complexity index is 516. The Morgan fingerprint density at radius 1 is 1.50 bits per heavy atom. The largest absolute Gasteiger partial charge is 0.383 e. The number of hydrogen-bond acceptors (Lipinski definition) is 5. The van der Waals surface area contributed by atoms with Crippen LogP contribution < -0.4 is 5.73 Å². The van der Waals surface area contributed by atoms with Crippen molar-refractivity contribution in [1.29, 1.82) is 0 Å². The molecule has 1 amide bonds. The molecule has 1 aromatic rings. The van der Waals surface area contributed by atoms with E-state index in [4.69, 9.17) is 5.73 Å². The van der Waals surface area contributed by atoms with Crippen molar-refractivity contribution >= 4 is 17.4 Å². The third kappa shape index (κ3) is 3.66. The lowest BCUT2D eigenvalue weighted by atomic mass is 10.0. The molecule has 0 aromatic carbocycles. The van der Waals surface area contributed by atoms with Gasteiger partial charge in [0.2, 0.25) is 0 Å². The SMILES string of the molecule is CC(C)CC(C)N(C)C(=O)c1cc([N+](=O)[O-])cnc1N. The van der Waals surface area contributed by atoms with Crippen molar-refractivity contribution in [3.63, 3.8) is 0 Å². The average molecular weight is 280 g/mol. The number of rotatable bonds is 5. The van der Waals surface area contributed by atoms with Crippen molar-refractivity contribution in [3.05, 3.63) is 27.9 Å². The summed E-state index contributed by atoms with van der Waals surface area (Å²) in [4.78, 5) is 27.7. The molecule has 0 radical (unpaired) electrons. The van der Waals surface area contributed by atoms with Crippen LogP contribution in [0.15, 0.2) is 12.3 Å². The molecule has 0 saturated carbocycles. The minimum atomic E-state index is -0.596. The monoisotopic (exact) mass is 280 g/mol. The maximum absolute atomic E-state index is 12.3. The number of nitrogens with zero attached hydrogens (tertiary/aromatic N) is 3. The normalized spacial score (nSPS) is 12.2. The van der Waals surface area contributed by atoms with Crippen molar-refractivity contribution in [1.82, 2.24) is 9.88 Å². The van der Waals surface area contributed by atoms with Crippen LogP contribution in [-0.2, 0) is 0 Å². The van der Waals surface area contributed by atoms with E-state index >= 15 is 0 Å². The van der Waals surface area contributed by atoms with Crippen LogP contribution in [0.3, 0.4) is 0 Å². The molecule has 0 aliphatic heterocycles. The van der Waals surface area contributed by atoms with Gasteiger partial charge in [0.15, 0.2) is 0 Å². The molecule has 1 heterocycles. The van der Waals surface area contributed by atoms with Crippen LogP contribution in [-0.4, -0.2) is 33.8 Å². The highest BCUT2D eigenvalue weighted by Crippen LogP contribution is 2.20. The summed E-state index contributed by atoms with van der Waals surface area (Å²) in [6, 6.07) is 1.18. The highest BCUT2D eigenvalue weighted by molar-refractivity contribution is 5.98. The number of carbonyl (C=O) groups excluding carboxylic acids is 1. The number of anilines is 1. The van der Waals surface area contributed by atoms with Gasteiger partial charge >= 0.3 is 0 Å². The molecule has 2 N–H and O–H groups in total. The number of nitro groups is 1. The Morgan fingerprint density at radius 2 is 2.10 bits per heavy atom. The molecule has 0 fully saturated rings. The number of nitrogen functional groups attached to an aromatic ring is 1. The van der Waals surface area contributed by atoms with Crippen LogP contribution in [0.4, 0.5) is 11.5 Å². The molecule has 1 aromatic heterocycles. The Hall–Kier alpha value is -2.18. The Morgan fingerprint density at radius 3 is 2.60 bits per heavy atom. The zero-order chi connectivity index (χ0) is 15.4. The fourth-order valence-electron chi connectivity index (χ4n) is 1.97. The van der Waals surface area contributed by atoms with E-state index in [-0.39, 0.29) is 29.0 Å². The number of amides is 1. The number of carbonyl (C=O) groups is 1. The van der Waals surface area contributed by atoms with E-state index in [1.165, 1.54) is 11.0 Å². The quantitative estimate of drug-likeness (QED) is 0.657. The van der Waals surface area contributed by atoms with Gasteiger partial charge in [-0.2, -0.15) is 0 Å². The molecule has 1 atom stereocenters. The first-order chi connectivity index (χ1) is 9.23. The third-order valence-electron chi connectivity index (χ3n) is 3.14. The summed E-state index contributed by atoms with van der Waals surface area (Å²) >= 11 is 0. The van der Waals surface area contributed by atoms with E-state index in [2.05, 4.69) is 18.8 Å². The van der Waals surface area contributed by atoms with Crippen LogP contribution in [0.2, 0.25) is 0 Å². The van der Waals surface area contributed by atoms with Gasteiger partial charge in [0.05, 0.1) is 10.5 Å². The van der Waals surface area contributed by atoms with Crippen molar-refractivity contribution in [2.24, 2.45) is 5.92 Å². The van der Waals surface area contributed by atoms with Crippen LogP contribution in [0, 0.1) is 16.0 Å². The van der Waals surface area contributed by atoms with Crippen LogP contribution in [0.1, 0.15) is 37.6 Å². The minimum Gasteiger partial charge on any atom is -0.383 e. The Balaban J connectivity index is 3.02. The van der Waals surface area contributed by atoms with E-state index in [1.807, 2.05) is 6.92 Å². The highest BCUT2D eigenvalue weighted by Gasteiger charge is 2.23. The maximum atomic E-state index is 12.3. The molecule has 0 spiro atoms. The van der Waals surface area contributed by atoms with Gasteiger partial charge in [0.1, 0.15) is 12.0 Å². The molecule has 7 nitrogen and oxygen atoms in total. The summed E-state index contributed by atoms with van der Waals surface area (Å²) < 4.78 is 0. The second-order valence-corrected chi connectivity index (χ2v) is 5.28. The van der Waals surface area contributed by atoms with Crippen molar-refractivity contribution < 1.29 is 9.72 Å². The van der Waals surface area contributed by atoms with E-state index in [0.29, 0.717) is 5.92 Å². The molecule has 20 heavy (non-hydrogen) atoms. The highest BCUT2D eigenvalue weighted by atomic mass is 16.6. The molecule has 110 valence electrons. The van der Waals surface area contributed by atoms with Crippen molar-refractivity contribution in [3.8, 4) is 0 Å². The second kappa shape index (κ2) is 6.31. The van der Waals surface area contributed by atoms with Gasteiger partial charge in [-0.3, -0.25) is 14.9 Å². The molecule has 7 heteroatoms. The third-order valence-corrected chi connectivity index (χ3v) is 3.14. The van der Waals surface area contributed by atoms with Crippen LogP contribution >= 0.6 is 0 Å². The van der Waals surface area contributed by atoms with Gasteiger partial charge in [-0.05, 0) is 19.3 Å². The molecule has 1 rings (SSSR count). The summed E-state index contributed by atoms with van der Waals surface area (Å²) in [6.45, 7) is 6.06. The van der Waals surface area contributed by atoms with Crippen LogP contribution in [0.5, 0.6) is 0 Å².